The lowest BCUT2D eigenvalue weighted by atomic mass is 10.1. The van der Waals surface area contributed by atoms with E-state index in [2.05, 4.69) is 10.3 Å². The number of amides is 1. The van der Waals surface area contributed by atoms with E-state index in [0.29, 0.717) is 12.1 Å². The molecule has 0 aliphatic rings. The molecule has 0 bridgehead atoms. The molecule has 3 rings (SSSR count). The van der Waals surface area contributed by atoms with Gasteiger partial charge in [-0.15, -0.1) is 22.7 Å². The standard InChI is InChI=1S/C17H15N3O3S2/c1-11-19-14(10-24-11)16-7-6-13(25-16)9-18-17(21)8-12-4-2-3-5-15(12)20(22)23/h2-7,10H,8-9H2,1H3,(H,18,21). The Morgan fingerprint density at radius 1 is 1.28 bits per heavy atom. The topological polar surface area (TPSA) is 85.1 Å². The van der Waals surface area contributed by atoms with Crippen molar-refractivity contribution in [3.05, 3.63) is 67.3 Å². The second-order valence-corrected chi connectivity index (χ2v) is 7.59. The van der Waals surface area contributed by atoms with E-state index in [-0.39, 0.29) is 18.0 Å². The van der Waals surface area contributed by atoms with Crippen LogP contribution in [0, 0.1) is 17.0 Å². The first-order valence-electron chi connectivity index (χ1n) is 7.53. The first kappa shape index (κ1) is 17.2. The number of benzene rings is 1. The summed E-state index contributed by atoms with van der Waals surface area (Å²) in [6.07, 6.45) is -0.0132. The second-order valence-electron chi connectivity index (χ2n) is 5.36. The highest BCUT2D eigenvalue weighted by Crippen LogP contribution is 2.29. The number of nitrogens with one attached hydrogen (secondary N) is 1. The van der Waals surface area contributed by atoms with Gasteiger partial charge in [0.15, 0.2) is 0 Å². The van der Waals surface area contributed by atoms with Crippen LogP contribution in [0.1, 0.15) is 15.4 Å². The maximum absolute atomic E-state index is 12.1. The summed E-state index contributed by atoms with van der Waals surface area (Å²) < 4.78 is 0. The average molecular weight is 373 g/mol. The summed E-state index contributed by atoms with van der Waals surface area (Å²) in [5.74, 6) is -0.242. The van der Waals surface area contributed by atoms with Crippen molar-refractivity contribution in [2.45, 2.75) is 19.9 Å². The van der Waals surface area contributed by atoms with Crippen molar-refractivity contribution in [3.8, 4) is 10.6 Å². The third-order valence-electron chi connectivity index (χ3n) is 3.53. The van der Waals surface area contributed by atoms with Crippen LogP contribution in [0.4, 0.5) is 5.69 Å². The van der Waals surface area contributed by atoms with Crippen LogP contribution in [0.3, 0.4) is 0 Å². The first-order chi connectivity index (χ1) is 12.0. The van der Waals surface area contributed by atoms with Crippen molar-refractivity contribution in [1.82, 2.24) is 10.3 Å². The molecule has 0 saturated carbocycles. The van der Waals surface area contributed by atoms with E-state index in [0.717, 1.165) is 20.5 Å². The lowest BCUT2D eigenvalue weighted by molar-refractivity contribution is -0.385. The quantitative estimate of drug-likeness (QED) is 0.524. The lowest BCUT2D eigenvalue weighted by Crippen LogP contribution is -2.24. The maximum atomic E-state index is 12.1. The van der Waals surface area contributed by atoms with Gasteiger partial charge in [-0.05, 0) is 19.1 Å². The Labute approximate surface area is 152 Å². The van der Waals surface area contributed by atoms with Crippen LogP contribution in [-0.2, 0) is 17.8 Å². The summed E-state index contributed by atoms with van der Waals surface area (Å²) in [5, 5.41) is 16.8. The molecule has 128 valence electrons. The van der Waals surface area contributed by atoms with E-state index >= 15 is 0 Å². The fraction of sp³-hybridized carbons (Fsp3) is 0.176. The molecule has 1 aromatic carbocycles. The Kier molecular flexibility index (Phi) is 5.20. The molecule has 6 nitrogen and oxygen atoms in total. The molecule has 0 aliphatic carbocycles. The van der Waals surface area contributed by atoms with Crippen molar-refractivity contribution in [2.75, 3.05) is 0 Å². The number of nitro groups is 1. The van der Waals surface area contributed by atoms with E-state index in [1.165, 1.54) is 6.07 Å². The number of aryl methyl sites for hydroxylation is 1. The summed E-state index contributed by atoms with van der Waals surface area (Å²) in [5.41, 5.74) is 1.33. The fourth-order valence-electron chi connectivity index (χ4n) is 2.35. The minimum Gasteiger partial charge on any atom is -0.351 e. The van der Waals surface area contributed by atoms with Gasteiger partial charge in [0.05, 0.1) is 33.5 Å². The number of aromatic nitrogens is 1. The van der Waals surface area contributed by atoms with Gasteiger partial charge < -0.3 is 5.32 Å². The van der Waals surface area contributed by atoms with Crippen LogP contribution in [-0.4, -0.2) is 15.8 Å². The van der Waals surface area contributed by atoms with E-state index in [1.807, 2.05) is 24.4 Å². The van der Waals surface area contributed by atoms with Crippen LogP contribution in [0.15, 0.2) is 41.8 Å². The van der Waals surface area contributed by atoms with Gasteiger partial charge in [-0.2, -0.15) is 0 Å². The van der Waals surface area contributed by atoms with Gasteiger partial charge in [0.1, 0.15) is 0 Å². The van der Waals surface area contributed by atoms with Crippen LogP contribution in [0.5, 0.6) is 0 Å². The normalized spacial score (nSPS) is 10.6. The number of nitro benzene ring substituents is 1. The predicted molar refractivity (Wildman–Crippen MR) is 98.8 cm³/mol. The van der Waals surface area contributed by atoms with Gasteiger partial charge in [0.25, 0.3) is 5.69 Å². The van der Waals surface area contributed by atoms with E-state index in [4.69, 9.17) is 0 Å². The molecule has 3 aromatic rings. The van der Waals surface area contributed by atoms with Gasteiger partial charge in [-0.3, -0.25) is 14.9 Å². The SMILES string of the molecule is Cc1nc(-c2ccc(CNC(=O)Cc3ccccc3[N+](=O)[O-])s2)cs1. The van der Waals surface area contributed by atoms with Gasteiger partial charge in [0, 0.05) is 21.9 Å². The molecule has 1 N–H and O–H groups in total. The molecule has 2 heterocycles. The number of thiophene rings is 1. The number of rotatable bonds is 6. The summed E-state index contributed by atoms with van der Waals surface area (Å²) >= 11 is 3.18. The molecule has 0 atom stereocenters. The molecule has 2 aromatic heterocycles. The average Bonchev–Trinajstić information content (AvgIpc) is 3.22. The lowest BCUT2D eigenvalue weighted by Gasteiger charge is -2.04. The fourth-order valence-corrected chi connectivity index (χ4v) is 3.94. The van der Waals surface area contributed by atoms with Crippen LogP contribution in [0.25, 0.3) is 10.6 Å². The van der Waals surface area contributed by atoms with Gasteiger partial charge in [0.2, 0.25) is 5.91 Å². The molecule has 25 heavy (non-hydrogen) atoms. The molecular formula is C17H15N3O3S2. The molecule has 8 heteroatoms. The monoisotopic (exact) mass is 373 g/mol. The number of nitrogens with zero attached hydrogens (tertiary/aromatic N) is 2. The Morgan fingerprint density at radius 3 is 2.80 bits per heavy atom. The smallest absolute Gasteiger partial charge is 0.273 e. The third kappa shape index (κ3) is 4.28. The number of carbonyl (C=O) groups excluding carboxylic acids is 1. The number of carbonyl (C=O) groups is 1. The Hall–Kier alpha value is -2.58. The highest BCUT2D eigenvalue weighted by atomic mass is 32.1. The second kappa shape index (κ2) is 7.54. The Bertz CT molecular complexity index is 917. The highest BCUT2D eigenvalue weighted by molar-refractivity contribution is 7.16. The van der Waals surface area contributed by atoms with E-state index in [9.17, 15) is 14.9 Å². The summed E-state index contributed by atoms with van der Waals surface area (Å²) in [4.78, 5) is 29.1. The summed E-state index contributed by atoms with van der Waals surface area (Å²) in [6, 6.07) is 10.2. The number of hydrogen-bond acceptors (Lipinski definition) is 6. The van der Waals surface area contributed by atoms with Crippen molar-refractivity contribution in [1.29, 1.82) is 0 Å². The van der Waals surface area contributed by atoms with Crippen molar-refractivity contribution < 1.29 is 9.72 Å². The van der Waals surface area contributed by atoms with E-state index < -0.39 is 4.92 Å². The molecule has 0 aliphatic heterocycles. The minimum absolute atomic E-state index is 0.0132. The summed E-state index contributed by atoms with van der Waals surface area (Å²) in [7, 11) is 0. The maximum Gasteiger partial charge on any atom is 0.273 e. The number of para-hydroxylation sites is 1. The Morgan fingerprint density at radius 2 is 2.08 bits per heavy atom. The van der Waals surface area contributed by atoms with Crippen LogP contribution < -0.4 is 5.32 Å². The zero-order valence-electron chi connectivity index (χ0n) is 13.4. The van der Waals surface area contributed by atoms with Crippen LogP contribution >= 0.6 is 22.7 Å². The van der Waals surface area contributed by atoms with Crippen LogP contribution in [0.2, 0.25) is 0 Å². The number of thiazole rings is 1. The molecule has 0 unspecified atom stereocenters. The van der Waals surface area contributed by atoms with E-state index in [1.54, 1.807) is 40.9 Å². The minimum atomic E-state index is -0.468. The van der Waals surface area contributed by atoms with Gasteiger partial charge in [-0.25, -0.2) is 4.98 Å². The summed E-state index contributed by atoms with van der Waals surface area (Å²) in [6.45, 7) is 2.36. The predicted octanol–water partition coefficient (Wildman–Crippen LogP) is 3.95. The molecule has 0 fully saturated rings. The van der Waals surface area contributed by atoms with Crippen molar-refractivity contribution in [3.63, 3.8) is 0 Å². The van der Waals surface area contributed by atoms with Crippen molar-refractivity contribution in [2.24, 2.45) is 0 Å². The van der Waals surface area contributed by atoms with Gasteiger partial charge in [-0.1, -0.05) is 18.2 Å². The Balaban J connectivity index is 1.60. The zero-order valence-corrected chi connectivity index (χ0v) is 15.0. The first-order valence-corrected chi connectivity index (χ1v) is 9.23. The highest BCUT2D eigenvalue weighted by Gasteiger charge is 2.15. The largest absolute Gasteiger partial charge is 0.351 e. The molecular weight excluding hydrogens is 358 g/mol. The molecule has 0 saturated heterocycles. The zero-order chi connectivity index (χ0) is 17.8. The third-order valence-corrected chi connectivity index (χ3v) is 5.41. The molecule has 1 amide bonds. The van der Waals surface area contributed by atoms with Gasteiger partial charge >= 0.3 is 0 Å². The molecule has 0 radical (unpaired) electrons. The molecule has 0 spiro atoms. The van der Waals surface area contributed by atoms with Crippen molar-refractivity contribution >= 4 is 34.3 Å². The number of hydrogen-bond donors (Lipinski definition) is 1.